The van der Waals surface area contributed by atoms with Gasteiger partial charge < -0.3 is 5.73 Å². The van der Waals surface area contributed by atoms with Crippen molar-refractivity contribution in [3.63, 3.8) is 0 Å². The van der Waals surface area contributed by atoms with Crippen molar-refractivity contribution in [1.29, 1.82) is 0 Å². The van der Waals surface area contributed by atoms with Crippen LogP contribution in [0.25, 0.3) is 0 Å². The van der Waals surface area contributed by atoms with E-state index in [2.05, 4.69) is 24.9 Å². The molecule has 1 aromatic rings. The van der Waals surface area contributed by atoms with E-state index in [1.165, 1.54) is 11.1 Å². The van der Waals surface area contributed by atoms with Crippen molar-refractivity contribution in [2.75, 3.05) is 6.54 Å². The highest BCUT2D eigenvalue weighted by Gasteiger charge is 2.04. The van der Waals surface area contributed by atoms with Crippen molar-refractivity contribution in [2.24, 2.45) is 5.73 Å². The second-order valence-corrected chi connectivity index (χ2v) is 3.62. The molecule has 0 unspecified atom stereocenters. The normalized spacial score (nSPS) is 10.8. The maximum absolute atomic E-state index is 5.49. The Morgan fingerprint density at radius 2 is 2.23 bits per heavy atom. The van der Waals surface area contributed by atoms with Crippen molar-refractivity contribution < 1.29 is 0 Å². The zero-order valence-electron chi connectivity index (χ0n) is 8.46. The Bertz CT molecular complexity index is 256. The first kappa shape index (κ1) is 10.2. The third kappa shape index (κ3) is 2.81. The van der Waals surface area contributed by atoms with Crippen molar-refractivity contribution in [3.05, 3.63) is 29.6 Å². The van der Waals surface area contributed by atoms with Crippen LogP contribution in [-0.4, -0.2) is 11.5 Å². The quantitative estimate of drug-likeness (QED) is 0.766. The maximum atomic E-state index is 5.49. The molecule has 2 nitrogen and oxygen atoms in total. The number of pyridine rings is 1. The lowest BCUT2D eigenvalue weighted by molar-refractivity contribution is 0.785. The molecule has 72 valence electrons. The Kier molecular flexibility index (Phi) is 3.90. The zero-order valence-corrected chi connectivity index (χ0v) is 8.46. The Balaban J connectivity index is 2.78. The second-order valence-electron chi connectivity index (χ2n) is 3.62. The van der Waals surface area contributed by atoms with Crippen LogP contribution in [0.15, 0.2) is 18.5 Å². The molecule has 0 saturated heterocycles. The van der Waals surface area contributed by atoms with Crippen LogP contribution in [0.4, 0.5) is 0 Å². The van der Waals surface area contributed by atoms with Gasteiger partial charge in [-0.05, 0) is 42.5 Å². The molecule has 1 rings (SSSR count). The fourth-order valence-corrected chi connectivity index (χ4v) is 1.48. The molecule has 0 amide bonds. The van der Waals surface area contributed by atoms with Gasteiger partial charge >= 0.3 is 0 Å². The number of hydrogen-bond donors (Lipinski definition) is 1. The monoisotopic (exact) mass is 178 g/mol. The van der Waals surface area contributed by atoms with E-state index in [-0.39, 0.29) is 0 Å². The van der Waals surface area contributed by atoms with Gasteiger partial charge in [-0.3, -0.25) is 4.98 Å². The molecular formula is C11H18N2. The molecular weight excluding hydrogens is 160 g/mol. The van der Waals surface area contributed by atoms with Gasteiger partial charge in [-0.15, -0.1) is 0 Å². The van der Waals surface area contributed by atoms with E-state index in [0.29, 0.717) is 5.92 Å². The molecule has 13 heavy (non-hydrogen) atoms. The van der Waals surface area contributed by atoms with Gasteiger partial charge in [-0.1, -0.05) is 13.8 Å². The number of aromatic nitrogens is 1. The smallest absolute Gasteiger partial charge is 0.0305 e. The molecule has 0 spiro atoms. The summed E-state index contributed by atoms with van der Waals surface area (Å²) in [6.45, 7) is 5.16. The summed E-state index contributed by atoms with van der Waals surface area (Å²) in [5, 5.41) is 0. The lowest BCUT2D eigenvalue weighted by Gasteiger charge is -2.10. The first-order valence-electron chi connectivity index (χ1n) is 4.88. The zero-order chi connectivity index (χ0) is 9.68. The lowest BCUT2D eigenvalue weighted by Crippen LogP contribution is -2.03. The van der Waals surface area contributed by atoms with E-state index < -0.39 is 0 Å². The van der Waals surface area contributed by atoms with Gasteiger partial charge in [0.2, 0.25) is 0 Å². The van der Waals surface area contributed by atoms with Crippen LogP contribution >= 0.6 is 0 Å². The lowest BCUT2D eigenvalue weighted by atomic mass is 9.97. The summed E-state index contributed by atoms with van der Waals surface area (Å²) in [6, 6.07) is 2.10. The van der Waals surface area contributed by atoms with E-state index in [1.54, 1.807) is 0 Å². The molecule has 0 atom stereocenters. The van der Waals surface area contributed by atoms with E-state index in [1.807, 2.05) is 12.4 Å². The molecule has 0 aliphatic carbocycles. The molecule has 0 aliphatic heterocycles. The Hall–Kier alpha value is -0.890. The molecule has 0 aromatic carbocycles. The van der Waals surface area contributed by atoms with Crippen LogP contribution in [0, 0.1) is 0 Å². The van der Waals surface area contributed by atoms with Crippen LogP contribution in [0.5, 0.6) is 0 Å². The minimum absolute atomic E-state index is 0.557. The van der Waals surface area contributed by atoms with Gasteiger partial charge in [0, 0.05) is 12.4 Å². The fourth-order valence-electron chi connectivity index (χ4n) is 1.48. The van der Waals surface area contributed by atoms with Gasteiger partial charge in [-0.2, -0.15) is 0 Å². The summed E-state index contributed by atoms with van der Waals surface area (Å²) < 4.78 is 0. The van der Waals surface area contributed by atoms with Crippen LogP contribution in [0.2, 0.25) is 0 Å². The fraction of sp³-hybridized carbons (Fsp3) is 0.545. The maximum Gasteiger partial charge on any atom is 0.0305 e. The Morgan fingerprint density at radius 3 is 2.85 bits per heavy atom. The van der Waals surface area contributed by atoms with Crippen LogP contribution in [0.1, 0.15) is 37.3 Å². The van der Waals surface area contributed by atoms with Gasteiger partial charge in [0.05, 0.1) is 0 Å². The predicted molar refractivity (Wildman–Crippen MR) is 55.7 cm³/mol. The Labute approximate surface area is 80.2 Å². The average molecular weight is 178 g/mol. The highest BCUT2D eigenvalue weighted by molar-refractivity contribution is 5.26. The first-order valence-corrected chi connectivity index (χ1v) is 4.88. The van der Waals surface area contributed by atoms with Crippen molar-refractivity contribution in [2.45, 2.75) is 32.6 Å². The van der Waals surface area contributed by atoms with E-state index in [0.717, 1.165) is 19.4 Å². The molecule has 0 fully saturated rings. The highest BCUT2D eigenvalue weighted by atomic mass is 14.6. The van der Waals surface area contributed by atoms with Gasteiger partial charge in [0.1, 0.15) is 0 Å². The number of nitrogens with two attached hydrogens (primary N) is 1. The number of nitrogens with zero attached hydrogens (tertiary/aromatic N) is 1. The predicted octanol–water partition coefficient (Wildman–Crippen LogP) is 2.10. The SMILES string of the molecule is CC(C)c1cnccc1CCCN. The molecule has 0 radical (unpaired) electrons. The van der Waals surface area contributed by atoms with Crippen molar-refractivity contribution in [1.82, 2.24) is 4.98 Å². The number of hydrogen-bond acceptors (Lipinski definition) is 2. The first-order chi connectivity index (χ1) is 6.25. The van der Waals surface area contributed by atoms with Gasteiger partial charge in [0.25, 0.3) is 0 Å². The molecule has 1 aromatic heterocycles. The summed E-state index contributed by atoms with van der Waals surface area (Å²) in [7, 11) is 0. The van der Waals surface area contributed by atoms with Crippen molar-refractivity contribution in [3.8, 4) is 0 Å². The van der Waals surface area contributed by atoms with Gasteiger partial charge in [0.15, 0.2) is 0 Å². The van der Waals surface area contributed by atoms with Crippen LogP contribution < -0.4 is 5.73 Å². The summed E-state index contributed by atoms with van der Waals surface area (Å²) in [5.41, 5.74) is 8.24. The van der Waals surface area contributed by atoms with E-state index in [9.17, 15) is 0 Å². The third-order valence-corrected chi connectivity index (χ3v) is 2.22. The summed E-state index contributed by atoms with van der Waals surface area (Å²) >= 11 is 0. The largest absolute Gasteiger partial charge is 0.330 e. The summed E-state index contributed by atoms with van der Waals surface area (Å²) in [4.78, 5) is 4.14. The molecule has 2 heteroatoms. The molecule has 0 saturated carbocycles. The molecule has 1 heterocycles. The third-order valence-electron chi connectivity index (χ3n) is 2.22. The topological polar surface area (TPSA) is 38.9 Å². The molecule has 2 N–H and O–H groups in total. The number of rotatable bonds is 4. The van der Waals surface area contributed by atoms with E-state index >= 15 is 0 Å². The second kappa shape index (κ2) is 4.97. The minimum atomic E-state index is 0.557. The van der Waals surface area contributed by atoms with E-state index in [4.69, 9.17) is 5.73 Å². The van der Waals surface area contributed by atoms with Crippen LogP contribution in [-0.2, 0) is 6.42 Å². The van der Waals surface area contributed by atoms with Crippen LogP contribution in [0.3, 0.4) is 0 Å². The standard InChI is InChI=1S/C11H18N2/c1-9(2)11-8-13-7-5-10(11)4-3-6-12/h5,7-9H,3-4,6,12H2,1-2H3. The Morgan fingerprint density at radius 1 is 1.46 bits per heavy atom. The van der Waals surface area contributed by atoms with Gasteiger partial charge in [-0.25, -0.2) is 0 Å². The van der Waals surface area contributed by atoms with Crippen molar-refractivity contribution >= 4 is 0 Å². The highest BCUT2D eigenvalue weighted by Crippen LogP contribution is 2.18. The minimum Gasteiger partial charge on any atom is -0.330 e. The number of aryl methyl sites for hydroxylation is 1. The molecule has 0 bridgehead atoms. The summed E-state index contributed by atoms with van der Waals surface area (Å²) in [6.07, 6.45) is 5.96. The molecule has 0 aliphatic rings. The summed E-state index contributed by atoms with van der Waals surface area (Å²) in [5.74, 6) is 0.557. The average Bonchev–Trinajstić information content (AvgIpc) is 2.15.